The summed E-state index contributed by atoms with van der Waals surface area (Å²) in [4.78, 5) is 6.97. The first kappa shape index (κ1) is 45.1. The van der Waals surface area contributed by atoms with Crippen molar-refractivity contribution < 1.29 is 4.21 Å². The largest absolute Gasteiger partial charge is 0.377 e. The van der Waals surface area contributed by atoms with E-state index in [0.29, 0.717) is 0 Å². The van der Waals surface area contributed by atoms with Crippen molar-refractivity contribution in [2.24, 2.45) is 0 Å². The van der Waals surface area contributed by atoms with Crippen molar-refractivity contribution in [3.63, 3.8) is 0 Å². The van der Waals surface area contributed by atoms with Gasteiger partial charge in [-0.2, -0.15) is 4.13 Å². The van der Waals surface area contributed by atoms with Crippen LogP contribution in [-0.4, -0.2) is 42.9 Å². The van der Waals surface area contributed by atoms with Crippen LogP contribution in [0.2, 0.25) is 0 Å². The summed E-state index contributed by atoms with van der Waals surface area (Å²) in [5.41, 5.74) is 12.6. The molecule has 1 fully saturated rings. The fourth-order valence-corrected chi connectivity index (χ4v) is 9.36. The third kappa shape index (κ3) is 11.5. The Labute approximate surface area is 351 Å². The Bertz CT molecular complexity index is 2110. The minimum absolute atomic E-state index is 0.0723. The van der Waals surface area contributed by atoms with E-state index in [2.05, 4.69) is 194 Å². The van der Waals surface area contributed by atoms with Crippen molar-refractivity contribution in [3.8, 4) is 0 Å². The van der Waals surface area contributed by atoms with Crippen LogP contribution >= 0.6 is 11.9 Å². The lowest BCUT2D eigenvalue weighted by Gasteiger charge is -2.28. The second kappa shape index (κ2) is 23.0. The fourth-order valence-electron chi connectivity index (χ4n) is 7.29. The maximum absolute atomic E-state index is 10.4. The predicted molar refractivity (Wildman–Crippen MR) is 256 cm³/mol. The van der Waals surface area contributed by atoms with E-state index in [1.807, 2.05) is 27.7 Å². The highest BCUT2D eigenvalue weighted by atomic mass is 32.2. The van der Waals surface area contributed by atoms with Crippen LogP contribution < -0.4 is 18.8 Å². The molecule has 6 aromatic rings. The van der Waals surface area contributed by atoms with E-state index in [1.165, 1.54) is 67.0 Å². The van der Waals surface area contributed by atoms with Crippen molar-refractivity contribution >= 4 is 62.1 Å². The van der Waals surface area contributed by atoms with Gasteiger partial charge in [0.05, 0.1) is 0 Å². The summed E-state index contributed by atoms with van der Waals surface area (Å²) in [6.45, 7) is 18.7. The monoisotopic (exact) mass is 800 g/mol. The molecule has 57 heavy (non-hydrogen) atoms. The number of fused-ring (bicyclic) bond motifs is 1. The third-order valence-electron chi connectivity index (χ3n) is 9.89. The first-order chi connectivity index (χ1) is 27.8. The van der Waals surface area contributed by atoms with E-state index >= 15 is 0 Å². The molecule has 7 heteroatoms. The average Bonchev–Trinajstić information content (AvgIpc) is 3.25. The van der Waals surface area contributed by atoms with Gasteiger partial charge in [0, 0.05) is 78.4 Å². The Kier molecular flexibility index (Phi) is 18.2. The molecule has 0 amide bonds. The van der Waals surface area contributed by atoms with Crippen molar-refractivity contribution in [1.82, 2.24) is 4.13 Å². The van der Waals surface area contributed by atoms with E-state index in [-0.39, 0.29) is 5.92 Å². The van der Waals surface area contributed by atoms with Gasteiger partial charge >= 0.3 is 0 Å². The summed E-state index contributed by atoms with van der Waals surface area (Å²) in [5.74, 6) is 2.00. The fraction of sp³-hybridized carbons (Fsp3) is 0.320. The second-order valence-corrected chi connectivity index (χ2v) is 16.1. The highest BCUT2D eigenvalue weighted by molar-refractivity contribution is 8.07. The van der Waals surface area contributed by atoms with E-state index < -0.39 is 11.0 Å². The van der Waals surface area contributed by atoms with E-state index in [4.69, 9.17) is 0 Å². The minimum atomic E-state index is -0.727. The predicted octanol–water partition coefficient (Wildman–Crippen LogP) is 13.4. The highest BCUT2D eigenvalue weighted by Crippen LogP contribution is 2.42. The summed E-state index contributed by atoms with van der Waals surface area (Å²) < 4.78 is 13.2. The van der Waals surface area contributed by atoms with Gasteiger partial charge in [0.1, 0.15) is 11.0 Å². The maximum Gasteiger partial charge on any atom is 0.101 e. The smallest absolute Gasteiger partial charge is 0.101 e. The number of hydrogen-bond acceptors (Lipinski definition) is 5. The molecule has 0 aliphatic carbocycles. The van der Waals surface area contributed by atoms with Crippen LogP contribution in [0.25, 0.3) is 10.8 Å². The normalized spacial score (nSPS) is 13.8. The molecule has 0 bridgehead atoms. The van der Waals surface area contributed by atoms with E-state index in [1.54, 1.807) is 11.9 Å². The molecule has 0 spiro atoms. The molecule has 0 saturated carbocycles. The molecular formula is C50H64N4OS2. The molecule has 1 aliphatic heterocycles. The Morgan fingerprint density at radius 2 is 1.18 bits per heavy atom. The van der Waals surface area contributed by atoms with Crippen LogP contribution in [0.4, 0.5) is 28.4 Å². The second-order valence-electron chi connectivity index (χ2n) is 13.7. The van der Waals surface area contributed by atoms with Gasteiger partial charge in [-0.1, -0.05) is 118 Å². The van der Waals surface area contributed by atoms with Crippen LogP contribution in [-0.2, 0) is 11.0 Å². The van der Waals surface area contributed by atoms with Crippen LogP contribution in [0, 0.1) is 13.8 Å². The van der Waals surface area contributed by atoms with Crippen molar-refractivity contribution in [3.05, 3.63) is 161 Å². The van der Waals surface area contributed by atoms with E-state index in [0.717, 1.165) is 31.0 Å². The molecule has 6 aromatic carbocycles. The SMILES string of the molecule is CC.CC.CCN(c1ccccc1)c1ccc(C(c2ccc(N(CC)c3ccccc3)cc2C)c2ccc(N(C)C)c3cc(C)ccc23)cc1.O=S1CCCSN1. The van der Waals surface area contributed by atoms with Gasteiger partial charge in [0.15, 0.2) is 0 Å². The molecule has 7 rings (SSSR count). The Hall–Kier alpha value is -4.56. The first-order valence-electron chi connectivity index (χ1n) is 20.6. The molecule has 1 N–H and O–H groups in total. The van der Waals surface area contributed by atoms with Crippen LogP contribution in [0.15, 0.2) is 133 Å². The summed E-state index contributed by atoms with van der Waals surface area (Å²) in [6.07, 6.45) is 1.09. The van der Waals surface area contributed by atoms with Gasteiger partial charge in [0.2, 0.25) is 0 Å². The number of aryl methyl sites for hydroxylation is 2. The molecule has 0 radical (unpaired) electrons. The van der Waals surface area contributed by atoms with E-state index in [9.17, 15) is 4.21 Å². The van der Waals surface area contributed by atoms with Crippen molar-refractivity contribution in [2.45, 2.75) is 67.7 Å². The maximum atomic E-state index is 10.4. The number of benzene rings is 6. The minimum Gasteiger partial charge on any atom is -0.377 e. The summed E-state index contributed by atoms with van der Waals surface area (Å²) in [6, 6.07) is 49.1. The molecule has 1 aliphatic rings. The Morgan fingerprint density at radius 1 is 0.632 bits per heavy atom. The van der Waals surface area contributed by atoms with Crippen LogP contribution in [0.1, 0.15) is 81.7 Å². The molecule has 1 saturated heterocycles. The number of hydrogen-bond donors (Lipinski definition) is 1. The van der Waals surface area contributed by atoms with Gasteiger partial charge in [-0.15, -0.1) is 0 Å². The third-order valence-corrected chi connectivity index (χ3v) is 12.3. The van der Waals surface area contributed by atoms with Gasteiger partial charge in [-0.3, -0.25) is 0 Å². The number of anilines is 5. The molecule has 5 nitrogen and oxygen atoms in total. The van der Waals surface area contributed by atoms with Gasteiger partial charge in [-0.25, -0.2) is 4.21 Å². The Morgan fingerprint density at radius 3 is 1.67 bits per heavy atom. The number of nitrogens with zero attached hydrogens (tertiary/aromatic N) is 3. The topological polar surface area (TPSA) is 38.8 Å². The van der Waals surface area contributed by atoms with Gasteiger partial charge in [0.25, 0.3) is 0 Å². The number of nitrogens with one attached hydrogen (secondary N) is 1. The molecule has 1 heterocycles. The van der Waals surface area contributed by atoms with Crippen LogP contribution in [0.3, 0.4) is 0 Å². The molecule has 0 aromatic heterocycles. The average molecular weight is 801 g/mol. The molecule has 2 atom stereocenters. The molecular weight excluding hydrogens is 737 g/mol. The molecule has 2 unspecified atom stereocenters. The quantitative estimate of drug-likeness (QED) is 0.110. The summed E-state index contributed by atoms with van der Waals surface area (Å²) in [5, 5.41) is 2.59. The van der Waals surface area contributed by atoms with Crippen LogP contribution in [0.5, 0.6) is 0 Å². The standard InChI is InChI=1S/C43H45N3.C3H7NOS2.2C2H6/c1-7-45(34-15-11-9-12-16-34)36-22-20-33(21-23-36)43(40-27-28-42(44(5)6)41-29-31(3)19-25-39(40)41)38-26-24-37(30-32(38)4)46(8-2)35-17-13-10-14-18-35;5-7-3-1-2-6-4-7;2*1-2/h9-30,43H,7-8H2,1-6H3;4H,1-3H2;2*1-2H3. The highest BCUT2D eigenvalue weighted by Gasteiger charge is 2.23. The number of para-hydroxylation sites is 2. The zero-order valence-electron chi connectivity index (χ0n) is 35.9. The number of rotatable bonds is 10. The lowest BCUT2D eigenvalue weighted by Crippen LogP contribution is -2.18. The lowest BCUT2D eigenvalue weighted by atomic mass is 9.80. The molecule has 302 valence electrons. The zero-order chi connectivity index (χ0) is 41.3. The summed E-state index contributed by atoms with van der Waals surface area (Å²) in [7, 11) is 3.54. The van der Waals surface area contributed by atoms with Crippen molar-refractivity contribution in [2.75, 3.05) is 53.4 Å². The lowest BCUT2D eigenvalue weighted by molar-refractivity contribution is 0.680. The Balaban J connectivity index is 0.000000578. The summed E-state index contributed by atoms with van der Waals surface area (Å²) >= 11 is 1.55. The van der Waals surface area contributed by atoms with Gasteiger partial charge < -0.3 is 14.7 Å². The zero-order valence-corrected chi connectivity index (χ0v) is 37.5. The first-order valence-corrected chi connectivity index (χ1v) is 22.9. The van der Waals surface area contributed by atoms with Gasteiger partial charge in [-0.05, 0) is 122 Å². The van der Waals surface area contributed by atoms with Crippen molar-refractivity contribution in [1.29, 1.82) is 0 Å².